The highest BCUT2D eigenvalue weighted by molar-refractivity contribution is 5.67. The molecule has 15 heavy (non-hydrogen) atoms. The summed E-state index contributed by atoms with van der Waals surface area (Å²) in [7, 11) is 0. The summed E-state index contributed by atoms with van der Waals surface area (Å²) in [6.45, 7) is 5.34. The number of anilines is 1. The third-order valence-corrected chi connectivity index (χ3v) is 2.31. The predicted octanol–water partition coefficient (Wildman–Crippen LogP) is 1.69. The van der Waals surface area contributed by atoms with Gasteiger partial charge in [-0.3, -0.25) is 9.78 Å². The summed E-state index contributed by atoms with van der Waals surface area (Å²) in [6, 6.07) is 1.92. The van der Waals surface area contributed by atoms with E-state index < -0.39 is 5.97 Å². The summed E-state index contributed by atoms with van der Waals surface area (Å²) in [5.41, 5.74) is 2.14. The van der Waals surface area contributed by atoms with Crippen LogP contribution in [0.25, 0.3) is 0 Å². The Morgan fingerprint density at radius 2 is 2.33 bits per heavy atom. The molecule has 0 atom stereocenters. The molecule has 1 aromatic rings. The Morgan fingerprint density at radius 3 is 2.87 bits per heavy atom. The van der Waals surface area contributed by atoms with Crippen molar-refractivity contribution in [2.75, 3.05) is 18.0 Å². The fourth-order valence-electron chi connectivity index (χ4n) is 1.50. The fourth-order valence-corrected chi connectivity index (χ4v) is 1.50. The van der Waals surface area contributed by atoms with E-state index >= 15 is 0 Å². The molecule has 82 valence electrons. The van der Waals surface area contributed by atoms with Crippen LogP contribution in [0.1, 0.15) is 18.9 Å². The summed E-state index contributed by atoms with van der Waals surface area (Å²) in [4.78, 5) is 16.6. The number of carboxylic acid groups (broad SMARTS) is 1. The highest BCUT2D eigenvalue weighted by atomic mass is 16.4. The molecular formula is C11H16N2O2. The highest BCUT2D eigenvalue weighted by Crippen LogP contribution is 2.17. The van der Waals surface area contributed by atoms with Crippen LogP contribution in [0.2, 0.25) is 0 Å². The van der Waals surface area contributed by atoms with Crippen molar-refractivity contribution < 1.29 is 9.90 Å². The van der Waals surface area contributed by atoms with Crippen molar-refractivity contribution in [3.8, 4) is 0 Å². The van der Waals surface area contributed by atoms with Crippen LogP contribution in [-0.2, 0) is 4.79 Å². The van der Waals surface area contributed by atoms with Crippen molar-refractivity contribution in [3.63, 3.8) is 0 Å². The zero-order valence-electron chi connectivity index (χ0n) is 9.10. The second-order valence-electron chi connectivity index (χ2n) is 3.39. The first-order valence-electron chi connectivity index (χ1n) is 5.02. The molecule has 0 fully saturated rings. The average molecular weight is 208 g/mol. The highest BCUT2D eigenvalue weighted by Gasteiger charge is 2.08. The number of aliphatic carboxylic acids is 1. The number of pyridine rings is 1. The maximum atomic E-state index is 10.5. The van der Waals surface area contributed by atoms with E-state index in [1.807, 2.05) is 24.8 Å². The van der Waals surface area contributed by atoms with Gasteiger partial charge < -0.3 is 10.0 Å². The minimum absolute atomic E-state index is 0.162. The van der Waals surface area contributed by atoms with E-state index in [4.69, 9.17) is 5.11 Å². The Kier molecular flexibility index (Phi) is 4.09. The second-order valence-corrected chi connectivity index (χ2v) is 3.39. The molecule has 1 N–H and O–H groups in total. The van der Waals surface area contributed by atoms with E-state index in [2.05, 4.69) is 4.98 Å². The van der Waals surface area contributed by atoms with Crippen molar-refractivity contribution in [1.29, 1.82) is 0 Å². The van der Waals surface area contributed by atoms with Gasteiger partial charge in [0.15, 0.2) is 0 Å². The second kappa shape index (κ2) is 5.34. The van der Waals surface area contributed by atoms with Gasteiger partial charge in [-0.25, -0.2) is 0 Å². The maximum absolute atomic E-state index is 10.5. The van der Waals surface area contributed by atoms with Gasteiger partial charge in [0.1, 0.15) is 0 Å². The van der Waals surface area contributed by atoms with Gasteiger partial charge in [-0.2, -0.15) is 0 Å². The van der Waals surface area contributed by atoms with E-state index in [0.29, 0.717) is 6.54 Å². The molecule has 0 aromatic carbocycles. The number of nitrogens with zero attached hydrogens (tertiary/aromatic N) is 2. The number of rotatable bonds is 5. The number of hydrogen-bond acceptors (Lipinski definition) is 3. The van der Waals surface area contributed by atoms with Crippen molar-refractivity contribution in [1.82, 2.24) is 4.98 Å². The fraction of sp³-hybridized carbons (Fsp3) is 0.455. The van der Waals surface area contributed by atoms with Gasteiger partial charge in [-0.05, 0) is 25.5 Å². The zero-order valence-corrected chi connectivity index (χ0v) is 9.10. The summed E-state index contributed by atoms with van der Waals surface area (Å²) >= 11 is 0. The number of carboxylic acids is 1. The monoisotopic (exact) mass is 208 g/mol. The van der Waals surface area contributed by atoms with Gasteiger partial charge in [0.05, 0.1) is 6.42 Å². The lowest BCUT2D eigenvalue weighted by Crippen LogP contribution is -2.26. The molecule has 0 aliphatic heterocycles. The van der Waals surface area contributed by atoms with E-state index in [1.165, 1.54) is 0 Å². The van der Waals surface area contributed by atoms with Crippen molar-refractivity contribution in [3.05, 3.63) is 24.0 Å². The molecule has 0 aliphatic carbocycles. The number of hydrogen-bond donors (Lipinski definition) is 1. The summed E-state index contributed by atoms with van der Waals surface area (Å²) in [5, 5.41) is 8.64. The molecule has 0 saturated heterocycles. The van der Waals surface area contributed by atoms with Gasteiger partial charge in [0.25, 0.3) is 0 Å². The standard InChI is InChI=1S/C11H16N2O2/c1-3-13(7-5-11(14)15)10-4-6-12-8-9(10)2/h4,6,8H,3,5,7H2,1-2H3,(H,14,15). The minimum atomic E-state index is -0.764. The third-order valence-electron chi connectivity index (χ3n) is 2.31. The van der Waals surface area contributed by atoms with E-state index in [-0.39, 0.29) is 6.42 Å². The topological polar surface area (TPSA) is 53.4 Å². The molecule has 0 saturated carbocycles. The molecule has 0 radical (unpaired) electrons. The SMILES string of the molecule is CCN(CCC(=O)O)c1ccncc1C. The van der Waals surface area contributed by atoms with Crippen LogP contribution >= 0.6 is 0 Å². The van der Waals surface area contributed by atoms with Crippen LogP contribution in [0.15, 0.2) is 18.5 Å². The molecule has 0 aliphatic rings. The van der Waals surface area contributed by atoms with Crippen LogP contribution in [0.4, 0.5) is 5.69 Å². The van der Waals surface area contributed by atoms with E-state index in [1.54, 1.807) is 12.4 Å². The largest absolute Gasteiger partial charge is 0.481 e. The average Bonchev–Trinajstić information content (AvgIpc) is 2.21. The zero-order chi connectivity index (χ0) is 11.3. The number of aryl methyl sites for hydroxylation is 1. The van der Waals surface area contributed by atoms with Crippen LogP contribution in [0, 0.1) is 6.92 Å². The lowest BCUT2D eigenvalue weighted by Gasteiger charge is -2.23. The summed E-state index contributed by atoms with van der Waals surface area (Å²) in [6.07, 6.45) is 3.68. The molecule has 1 aromatic heterocycles. The van der Waals surface area contributed by atoms with Crippen molar-refractivity contribution >= 4 is 11.7 Å². The minimum Gasteiger partial charge on any atom is -0.481 e. The van der Waals surface area contributed by atoms with Crippen LogP contribution in [-0.4, -0.2) is 29.1 Å². The van der Waals surface area contributed by atoms with Crippen LogP contribution in [0.5, 0.6) is 0 Å². The lowest BCUT2D eigenvalue weighted by atomic mass is 10.2. The Hall–Kier alpha value is -1.58. The van der Waals surface area contributed by atoms with Gasteiger partial charge in [-0.1, -0.05) is 0 Å². The molecule has 1 heterocycles. The molecule has 4 heteroatoms. The first kappa shape index (κ1) is 11.5. The molecule has 0 spiro atoms. The third kappa shape index (κ3) is 3.23. The number of aromatic nitrogens is 1. The predicted molar refractivity (Wildman–Crippen MR) is 59.1 cm³/mol. The van der Waals surface area contributed by atoms with Crippen LogP contribution < -0.4 is 4.90 Å². The quantitative estimate of drug-likeness (QED) is 0.800. The Labute approximate surface area is 89.6 Å². The molecule has 0 unspecified atom stereocenters. The molecule has 0 bridgehead atoms. The Bertz CT molecular complexity index is 339. The van der Waals surface area contributed by atoms with Gasteiger partial charge in [0.2, 0.25) is 0 Å². The first-order chi connectivity index (χ1) is 7.15. The van der Waals surface area contributed by atoms with E-state index in [9.17, 15) is 4.79 Å². The van der Waals surface area contributed by atoms with Crippen molar-refractivity contribution in [2.24, 2.45) is 0 Å². The summed E-state index contributed by atoms with van der Waals surface area (Å²) in [5.74, 6) is -0.764. The normalized spacial score (nSPS) is 10.0. The summed E-state index contributed by atoms with van der Waals surface area (Å²) < 4.78 is 0. The first-order valence-corrected chi connectivity index (χ1v) is 5.02. The van der Waals surface area contributed by atoms with Crippen molar-refractivity contribution in [2.45, 2.75) is 20.3 Å². The maximum Gasteiger partial charge on any atom is 0.305 e. The van der Waals surface area contributed by atoms with Gasteiger partial charge in [0, 0.05) is 31.2 Å². The lowest BCUT2D eigenvalue weighted by molar-refractivity contribution is -0.136. The molecule has 4 nitrogen and oxygen atoms in total. The van der Waals surface area contributed by atoms with E-state index in [0.717, 1.165) is 17.8 Å². The Morgan fingerprint density at radius 1 is 1.60 bits per heavy atom. The molecular weight excluding hydrogens is 192 g/mol. The van der Waals surface area contributed by atoms with Gasteiger partial charge >= 0.3 is 5.97 Å². The van der Waals surface area contributed by atoms with Crippen LogP contribution in [0.3, 0.4) is 0 Å². The smallest absolute Gasteiger partial charge is 0.305 e. The van der Waals surface area contributed by atoms with Gasteiger partial charge in [-0.15, -0.1) is 0 Å². The molecule has 0 amide bonds. The Balaban J connectivity index is 2.74. The number of carbonyl (C=O) groups is 1. The molecule has 1 rings (SSSR count).